The van der Waals surface area contributed by atoms with Crippen molar-refractivity contribution in [2.24, 2.45) is 5.92 Å². The zero-order valence-corrected chi connectivity index (χ0v) is 17.5. The summed E-state index contributed by atoms with van der Waals surface area (Å²) in [5.74, 6) is 1.06. The van der Waals surface area contributed by atoms with Crippen molar-refractivity contribution in [3.63, 3.8) is 0 Å². The molecule has 3 aliphatic rings. The van der Waals surface area contributed by atoms with Crippen LogP contribution in [0, 0.1) is 12.8 Å². The van der Waals surface area contributed by atoms with Crippen LogP contribution in [-0.4, -0.2) is 37.0 Å². The van der Waals surface area contributed by atoms with Gasteiger partial charge in [-0.1, -0.05) is 54.1 Å². The lowest BCUT2D eigenvalue weighted by Crippen LogP contribution is -2.49. The van der Waals surface area contributed by atoms with Crippen molar-refractivity contribution in [2.45, 2.75) is 50.4 Å². The summed E-state index contributed by atoms with van der Waals surface area (Å²) in [4.78, 5) is 15.8. The van der Waals surface area contributed by atoms with E-state index in [9.17, 15) is 4.79 Å². The monoisotopic (exact) mass is 388 g/mol. The van der Waals surface area contributed by atoms with E-state index in [2.05, 4.69) is 65.7 Å². The molecule has 2 fully saturated rings. The van der Waals surface area contributed by atoms with Gasteiger partial charge in [0.25, 0.3) is 0 Å². The SMILES string of the molecule is Cc1ccc2c(c1)CCCC21CNCC1C(=O)N1CCC(c2ccccc2)CC1. The van der Waals surface area contributed by atoms with Gasteiger partial charge in [-0.3, -0.25) is 4.79 Å². The van der Waals surface area contributed by atoms with Crippen LogP contribution < -0.4 is 5.32 Å². The van der Waals surface area contributed by atoms with E-state index in [1.165, 1.54) is 28.7 Å². The van der Waals surface area contributed by atoms with E-state index in [0.29, 0.717) is 11.8 Å². The Morgan fingerprint density at radius 1 is 1.10 bits per heavy atom. The molecule has 2 aromatic rings. The van der Waals surface area contributed by atoms with Gasteiger partial charge in [0.05, 0.1) is 5.92 Å². The van der Waals surface area contributed by atoms with Crippen LogP contribution in [0.5, 0.6) is 0 Å². The first kappa shape index (κ1) is 18.9. The molecule has 2 aromatic carbocycles. The Balaban J connectivity index is 1.35. The average molecular weight is 389 g/mol. The third-order valence-corrected chi connectivity index (χ3v) is 7.70. The van der Waals surface area contributed by atoms with Crippen molar-refractivity contribution in [3.05, 3.63) is 70.8 Å². The van der Waals surface area contributed by atoms with Crippen LogP contribution in [0.2, 0.25) is 0 Å². The molecule has 2 atom stereocenters. The van der Waals surface area contributed by atoms with E-state index in [4.69, 9.17) is 0 Å². The molecule has 29 heavy (non-hydrogen) atoms. The lowest BCUT2D eigenvalue weighted by atomic mass is 9.64. The minimum Gasteiger partial charge on any atom is -0.342 e. The smallest absolute Gasteiger partial charge is 0.227 e. The molecule has 2 heterocycles. The number of aryl methyl sites for hydroxylation is 2. The maximum absolute atomic E-state index is 13.7. The molecule has 2 aliphatic heterocycles. The number of benzene rings is 2. The third-order valence-electron chi connectivity index (χ3n) is 7.70. The zero-order chi connectivity index (χ0) is 19.8. The molecule has 1 aliphatic carbocycles. The molecule has 0 radical (unpaired) electrons. The van der Waals surface area contributed by atoms with E-state index in [-0.39, 0.29) is 11.3 Å². The molecule has 1 N–H and O–H groups in total. The second-order valence-electron chi connectivity index (χ2n) is 9.36. The summed E-state index contributed by atoms with van der Waals surface area (Å²) in [6, 6.07) is 17.7. The fourth-order valence-corrected chi connectivity index (χ4v) is 6.15. The molecule has 2 saturated heterocycles. The quantitative estimate of drug-likeness (QED) is 0.836. The minimum absolute atomic E-state index is 0.00531. The van der Waals surface area contributed by atoms with Crippen molar-refractivity contribution in [2.75, 3.05) is 26.2 Å². The van der Waals surface area contributed by atoms with E-state index >= 15 is 0 Å². The third kappa shape index (κ3) is 3.30. The van der Waals surface area contributed by atoms with Crippen LogP contribution in [0.3, 0.4) is 0 Å². The van der Waals surface area contributed by atoms with Crippen LogP contribution in [0.25, 0.3) is 0 Å². The number of amides is 1. The van der Waals surface area contributed by atoms with Crippen LogP contribution >= 0.6 is 0 Å². The molecule has 0 saturated carbocycles. The van der Waals surface area contributed by atoms with E-state index in [1.54, 1.807) is 0 Å². The summed E-state index contributed by atoms with van der Waals surface area (Å²) in [5, 5.41) is 3.60. The fourth-order valence-electron chi connectivity index (χ4n) is 6.15. The molecule has 1 amide bonds. The number of nitrogens with one attached hydrogen (secondary N) is 1. The van der Waals surface area contributed by atoms with Crippen molar-refractivity contribution in [1.82, 2.24) is 10.2 Å². The van der Waals surface area contributed by atoms with Gasteiger partial charge in [0.15, 0.2) is 0 Å². The molecule has 0 aromatic heterocycles. The Labute approximate surface area is 174 Å². The van der Waals surface area contributed by atoms with Crippen molar-refractivity contribution < 1.29 is 4.79 Å². The molecule has 2 unspecified atom stereocenters. The Morgan fingerprint density at radius 3 is 2.69 bits per heavy atom. The van der Waals surface area contributed by atoms with Gasteiger partial charge >= 0.3 is 0 Å². The Kier molecular flexibility index (Phi) is 4.95. The van der Waals surface area contributed by atoms with Gasteiger partial charge in [0.1, 0.15) is 0 Å². The Hall–Kier alpha value is -2.13. The number of carbonyl (C=O) groups is 1. The molecule has 1 spiro atoms. The summed E-state index contributed by atoms with van der Waals surface area (Å²) >= 11 is 0. The van der Waals surface area contributed by atoms with Gasteiger partial charge in [-0.15, -0.1) is 0 Å². The number of hydrogen-bond acceptors (Lipinski definition) is 2. The number of piperidine rings is 1. The average Bonchev–Trinajstić information content (AvgIpc) is 3.18. The topological polar surface area (TPSA) is 32.3 Å². The lowest BCUT2D eigenvalue weighted by Gasteiger charge is -2.42. The summed E-state index contributed by atoms with van der Waals surface area (Å²) < 4.78 is 0. The van der Waals surface area contributed by atoms with Crippen molar-refractivity contribution in [1.29, 1.82) is 0 Å². The number of nitrogens with zero attached hydrogens (tertiary/aromatic N) is 1. The van der Waals surface area contributed by atoms with Crippen LogP contribution in [0.1, 0.15) is 53.9 Å². The van der Waals surface area contributed by atoms with Gasteiger partial charge in [0.2, 0.25) is 5.91 Å². The van der Waals surface area contributed by atoms with Crippen molar-refractivity contribution >= 4 is 5.91 Å². The highest BCUT2D eigenvalue weighted by molar-refractivity contribution is 5.82. The number of likely N-dealkylation sites (tertiary alicyclic amines) is 1. The lowest BCUT2D eigenvalue weighted by molar-refractivity contribution is -0.138. The van der Waals surface area contributed by atoms with Crippen LogP contribution in [0.4, 0.5) is 0 Å². The highest BCUT2D eigenvalue weighted by Gasteiger charge is 2.50. The summed E-state index contributed by atoms with van der Waals surface area (Å²) in [5.41, 5.74) is 5.67. The Bertz CT molecular complexity index is 885. The van der Waals surface area contributed by atoms with Crippen molar-refractivity contribution in [3.8, 4) is 0 Å². The fraction of sp³-hybridized carbons (Fsp3) is 0.500. The van der Waals surface area contributed by atoms with Crippen LogP contribution in [-0.2, 0) is 16.6 Å². The summed E-state index contributed by atoms with van der Waals surface area (Å²) in [6.07, 6.45) is 5.64. The molecule has 3 heteroatoms. The summed E-state index contributed by atoms with van der Waals surface area (Å²) in [6.45, 7) is 5.73. The molecule has 152 valence electrons. The molecule has 3 nitrogen and oxygen atoms in total. The normalized spacial score (nSPS) is 27.2. The minimum atomic E-state index is -0.00531. The molecular weight excluding hydrogens is 356 g/mol. The maximum atomic E-state index is 13.7. The Morgan fingerprint density at radius 2 is 1.90 bits per heavy atom. The number of fused-ring (bicyclic) bond motifs is 2. The predicted octanol–water partition coefficient (Wildman–Crippen LogP) is 4.19. The van der Waals surface area contributed by atoms with Gasteiger partial charge in [-0.05, 0) is 61.6 Å². The zero-order valence-electron chi connectivity index (χ0n) is 17.5. The first-order valence-electron chi connectivity index (χ1n) is 11.3. The van der Waals surface area contributed by atoms with Gasteiger partial charge in [-0.2, -0.15) is 0 Å². The highest BCUT2D eigenvalue weighted by atomic mass is 16.2. The largest absolute Gasteiger partial charge is 0.342 e. The standard InChI is InChI=1S/C26H32N2O/c1-19-9-10-23-22(16-19)8-5-13-26(23)18-27-17-24(26)25(29)28-14-11-21(12-15-28)20-6-3-2-4-7-20/h2-4,6-7,9-10,16,21,24,27H,5,8,11-15,17-18H2,1H3. The number of hydrogen-bond donors (Lipinski definition) is 1. The maximum Gasteiger partial charge on any atom is 0.227 e. The first-order chi connectivity index (χ1) is 14.2. The first-order valence-corrected chi connectivity index (χ1v) is 11.3. The van der Waals surface area contributed by atoms with E-state index < -0.39 is 0 Å². The van der Waals surface area contributed by atoms with Gasteiger partial charge < -0.3 is 10.2 Å². The second kappa shape index (κ2) is 7.60. The number of carbonyl (C=O) groups excluding carboxylic acids is 1. The van der Waals surface area contributed by atoms with Gasteiger partial charge in [-0.25, -0.2) is 0 Å². The summed E-state index contributed by atoms with van der Waals surface area (Å²) in [7, 11) is 0. The molecule has 5 rings (SSSR count). The van der Waals surface area contributed by atoms with Gasteiger partial charge in [0, 0.05) is 31.6 Å². The highest BCUT2D eigenvalue weighted by Crippen LogP contribution is 2.46. The van der Waals surface area contributed by atoms with E-state index in [0.717, 1.165) is 51.9 Å². The molecule has 0 bridgehead atoms. The number of rotatable bonds is 2. The van der Waals surface area contributed by atoms with Crippen LogP contribution in [0.15, 0.2) is 48.5 Å². The molecular formula is C26H32N2O. The van der Waals surface area contributed by atoms with E-state index in [1.807, 2.05) is 0 Å². The predicted molar refractivity (Wildman–Crippen MR) is 117 cm³/mol. The second-order valence-corrected chi connectivity index (χ2v) is 9.36.